The molecule has 0 fully saturated rings. The van der Waals surface area contributed by atoms with E-state index in [-0.39, 0.29) is 12.4 Å². The molecule has 5 rings (SSSR count). The molecule has 1 unspecified atom stereocenters. The molecule has 2 aromatic heterocycles. The number of pyridine rings is 1. The Kier molecular flexibility index (Phi) is 5.65. The minimum Gasteiger partial charge on any atom is -0.489 e. The molecular formula is C25H20N4O4. The van der Waals surface area contributed by atoms with Gasteiger partial charge in [0.25, 0.3) is 0 Å². The van der Waals surface area contributed by atoms with Gasteiger partial charge in [-0.15, -0.1) is 0 Å². The number of aromatic nitrogens is 3. The van der Waals surface area contributed by atoms with Crippen LogP contribution in [0.1, 0.15) is 11.3 Å². The third-order valence-corrected chi connectivity index (χ3v) is 5.17. The second-order valence-electron chi connectivity index (χ2n) is 7.43. The van der Waals surface area contributed by atoms with E-state index in [2.05, 4.69) is 20.3 Å². The number of nitrogens with one attached hydrogen (secondary N) is 1. The molecule has 2 aromatic carbocycles. The molecular weight excluding hydrogens is 420 g/mol. The van der Waals surface area contributed by atoms with Gasteiger partial charge in [-0.05, 0) is 35.9 Å². The first-order chi connectivity index (χ1) is 16.2. The summed E-state index contributed by atoms with van der Waals surface area (Å²) in [5, 5.41) is 13.3. The lowest BCUT2D eigenvalue weighted by Crippen LogP contribution is -2.20. The lowest BCUT2D eigenvalue weighted by molar-refractivity contribution is -0.121. The van der Waals surface area contributed by atoms with E-state index in [1.165, 1.54) is 12.4 Å². The fourth-order valence-corrected chi connectivity index (χ4v) is 3.43. The number of nitrogens with zero attached hydrogens (tertiary/aromatic N) is 3. The van der Waals surface area contributed by atoms with Crippen LogP contribution in [0.5, 0.6) is 5.75 Å². The van der Waals surface area contributed by atoms with Crippen LogP contribution in [0.3, 0.4) is 0 Å². The average molecular weight is 440 g/mol. The Morgan fingerprint density at radius 2 is 1.85 bits per heavy atom. The fourth-order valence-electron chi connectivity index (χ4n) is 3.43. The largest absolute Gasteiger partial charge is 0.489 e. The number of carbonyl (C=O) groups excluding carboxylic acids is 1. The highest BCUT2D eigenvalue weighted by Gasteiger charge is 2.27. The van der Waals surface area contributed by atoms with E-state index in [9.17, 15) is 9.90 Å². The molecule has 1 aliphatic rings. The lowest BCUT2D eigenvalue weighted by atomic mass is 10.2. The predicted octanol–water partition coefficient (Wildman–Crippen LogP) is 3.65. The Hall–Kier alpha value is -4.30. The quantitative estimate of drug-likeness (QED) is 0.449. The predicted molar refractivity (Wildman–Crippen MR) is 123 cm³/mol. The first-order valence-corrected chi connectivity index (χ1v) is 10.4. The standard InChI is InChI=1S/C25H20N4O4/c30-13-24-22(31)11-23(33-24)20-10-19-21(12-26-20)27-15-28-25(19)29-17-6-8-18(9-7-17)32-14-16-4-2-1-3-5-16/h1-12,15,24,30H,13-14H2,(H,27,28,29). The first-order valence-electron chi connectivity index (χ1n) is 10.4. The highest BCUT2D eigenvalue weighted by molar-refractivity contribution is 6.03. The number of rotatable bonds is 7. The first kappa shape index (κ1) is 20.6. The third-order valence-electron chi connectivity index (χ3n) is 5.17. The number of ether oxygens (including phenoxy) is 2. The lowest BCUT2D eigenvalue weighted by Gasteiger charge is -2.12. The number of fused-ring (bicyclic) bond motifs is 1. The molecule has 33 heavy (non-hydrogen) atoms. The fraction of sp³-hybridized carbons (Fsp3) is 0.120. The van der Waals surface area contributed by atoms with Crippen LogP contribution >= 0.6 is 0 Å². The zero-order valence-corrected chi connectivity index (χ0v) is 17.5. The minimum atomic E-state index is -0.884. The summed E-state index contributed by atoms with van der Waals surface area (Å²) < 4.78 is 11.3. The smallest absolute Gasteiger partial charge is 0.202 e. The van der Waals surface area contributed by atoms with E-state index in [0.717, 1.165) is 22.4 Å². The molecule has 0 aliphatic carbocycles. The molecule has 8 nitrogen and oxygen atoms in total. The Labute approximate surface area is 189 Å². The van der Waals surface area contributed by atoms with Gasteiger partial charge in [0.15, 0.2) is 6.10 Å². The van der Waals surface area contributed by atoms with Gasteiger partial charge in [-0.1, -0.05) is 30.3 Å². The van der Waals surface area contributed by atoms with E-state index in [0.29, 0.717) is 29.4 Å². The number of hydrogen-bond acceptors (Lipinski definition) is 8. The van der Waals surface area contributed by atoms with Crippen molar-refractivity contribution in [2.45, 2.75) is 12.7 Å². The van der Waals surface area contributed by atoms with Crippen molar-refractivity contribution >= 4 is 34.0 Å². The van der Waals surface area contributed by atoms with Crippen LogP contribution in [0.25, 0.3) is 16.7 Å². The molecule has 1 aliphatic heterocycles. The average Bonchev–Trinajstić information content (AvgIpc) is 3.25. The molecule has 3 heterocycles. The summed E-state index contributed by atoms with van der Waals surface area (Å²) in [5.74, 6) is 1.38. The van der Waals surface area contributed by atoms with Crippen molar-refractivity contribution in [3.8, 4) is 5.75 Å². The summed E-state index contributed by atoms with van der Waals surface area (Å²) >= 11 is 0. The van der Waals surface area contributed by atoms with Crippen LogP contribution in [0.2, 0.25) is 0 Å². The minimum absolute atomic E-state index is 0.286. The zero-order valence-electron chi connectivity index (χ0n) is 17.5. The molecule has 1 atom stereocenters. The van der Waals surface area contributed by atoms with Gasteiger partial charge in [0, 0.05) is 17.1 Å². The van der Waals surface area contributed by atoms with Crippen molar-refractivity contribution in [2.24, 2.45) is 0 Å². The van der Waals surface area contributed by atoms with Gasteiger partial charge >= 0.3 is 0 Å². The maximum Gasteiger partial charge on any atom is 0.202 e. The molecule has 0 spiro atoms. The number of aliphatic hydroxyl groups is 1. The molecule has 0 radical (unpaired) electrons. The van der Waals surface area contributed by atoms with Crippen LogP contribution in [0.15, 0.2) is 79.3 Å². The number of carbonyl (C=O) groups is 1. The number of benzene rings is 2. The van der Waals surface area contributed by atoms with E-state index in [1.54, 1.807) is 12.3 Å². The van der Waals surface area contributed by atoms with Crippen LogP contribution in [-0.4, -0.2) is 38.6 Å². The van der Waals surface area contributed by atoms with E-state index in [1.807, 2.05) is 54.6 Å². The Morgan fingerprint density at radius 3 is 2.61 bits per heavy atom. The van der Waals surface area contributed by atoms with Crippen LogP contribution < -0.4 is 10.1 Å². The Morgan fingerprint density at radius 1 is 1.03 bits per heavy atom. The van der Waals surface area contributed by atoms with E-state index >= 15 is 0 Å². The van der Waals surface area contributed by atoms with Gasteiger partial charge in [0.1, 0.15) is 36.0 Å². The van der Waals surface area contributed by atoms with Gasteiger partial charge in [-0.3, -0.25) is 9.78 Å². The van der Waals surface area contributed by atoms with Crippen LogP contribution in [-0.2, 0) is 16.1 Å². The summed E-state index contributed by atoms with van der Waals surface area (Å²) in [5.41, 5.74) is 3.04. The second kappa shape index (κ2) is 9.05. The third kappa shape index (κ3) is 4.51. The summed E-state index contributed by atoms with van der Waals surface area (Å²) in [6.45, 7) is 0.116. The van der Waals surface area contributed by atoms with Gasteiger partial charge in [-0.25, -0.2) is 9.97 Å². The summed E-state index contributed by atoms with van der Waals surface area (Å²) in [6, 6.07) is 19.3. The second-order valence-corrected chi connectivity index (χ2v) is 7.43. The Balaban J connectivity index is 1.34. The maximum absolute atomic E-state index is 11.9. The Bertz CT molecular complexity index is 1320. The SMILES string of the molecule is O=C1C=C(c2cc3c(Nc4ccc(OCc5ccccc5)cc4)ncnc3cn2)OC1CO. The number of hydrogen-bond donors (Lipinski definition) is 2. The van der Waals surface area contributed by atoms with Crippen molar-refractivity contribution < 1.29 is 19.4 Å². The topological polar surface area (TPSA) is 106 Å². The van der Waals surface area contributed by atoms with Crippen molar-refractivity contribution in [1.29, 1.82) is 0 Å². The summed E-state index contributed by atoms with van der Waals surface area (Å²) in [6.07, 6.45) is 3.52. The monoisotopic (exact) mass is 440 g/mol. The molecule has 0 amide bonds. The molecule has 2 N–H and O–H groups in total. The highest BCUT2D eigenvalue weighted by atomic mass is 16.5. The molecule has 0 saturated heterocycles. The molecule has 8 heteroatoms. The van der Waals surface area contributed by atoms with Gasteiger partial charge in [0.05, 0.1) is 18.3 Å². The van der Waals surface area contributed by atoms with Gasteiger partial charge in [0.2, 0.25) is 5.78 Å². The summed E-state index contributed by atoms with van der Waals surface area (Å²) in [4.78, 5) is 24.8. The number of ketones is 1. The van der Waals surface area contributed by atoms with Crippen LogP contribution in [0.4, 0.5) is 11.5 Å². The number of anilines is 2. The molecule has 4 aromatic rings. The zero-order chi connectivity index (χ0) is 22.6. The van der Waals surface area contributed by atoms with Gasteiger partial charge in [-0.2, -0.15) is 0 Å². The summed E-state index contributed by atoms with van der Waals surface area (Å²) in [7, 11) is 0. The van der Waals surface area contributed by atoms with Crippen molar-refractivity contribution in [3.05, 3.63) is 90.5 Å². The molecule has 0 saturated carbocycles. The molecule has 164 valence electrons. The van der Waals surface area contributed by atoms with E-state index < -0.39 is 6.10 Å². The van der Waals surface area contributed by atoms with Crippen molar-refractivity contribution in [3.63, 3.8) is 0 Å². The van der Waals surface area contributed by atoms with Crippen LogP contribution in [0, 0.1) is 0 Å². The van der Waals surface area contributed by atoms with Crippen molar-refractivity contribution in [2.75, 3.05) is 11.9 Å². The van der Waals surface area contributed by atoms with E-state index in [4.69, 9.17) is 9.47 Å². The number of aliphatic hydroxyl groups excluding tert-OH is 1. The maximum atomic E-state index is 11.9. The van der Waals surface area contributed by atoms with Crippen molar-refractivity contribution in [1.82, 2.24) is 15.0 Å². The van der Waals surface area contributed by atoms with Gasteiger partial charge < -0.3 is 19.9 Å². The molecule has 0 bridgehead atoms. The normalized spacial score (nSPS) is 15.2. The highest BCUT2D eigenvalue weighted by Crippen LogP contribution is 2.29.